The fourth-order valence-electron chi connectivity index (χ4n) is 0.943. The molecule has 0 aliphatic heterocycles. The average Bonchev–Trinajstić information content (AvgIpc) is 2.96. The number of carbonyl (C=O) groups is 2. The maximum atomic E-state index is 11.2. The molecular formula is C9H16N2O3S. The number of thioether (sulfide) groups is 1. The molecule has 1 aliphatic carbocycles. The quantitative estimate of drug-likeness (QED) is 0.567. The maximum absolute atomic E-state index is 11.2. The Morgan fingerprint density at radius 1 is 1.40 bits per heavy atom. The second kappa shape index (κ2) is 6.68. The van der Waals surface area contributed by atoms with Gasteiger partial charge in [0.25, 0.3) is 0 Å². The van der Waals surface area contributed by atoms with Gasteiger partial charge in [-0.05, 0) is 25.0 Å². The molecule has 1 rings (SSSR count). The first-order valence-corrected chi connectivity index (χ1v) is 6.17. The monoisotopic (exact) mass is 232 g/mol. The number of amides is 3. The van der Waals surface area contributed by atoms with Crippen molar-refractivity contribution < 1.29 is 14.7 Å². The molecule has 5 nitrogen and oxygen atoms in total. The molecule has 15 heavy (non-hydrogen) atoms. The van der Waals surface area contributed by atoms with Gasteiger partial charge in [0, 0.05) is 12.6 Å². The summed E-state index contributed by atoms with van der Waals surface area (Å²) in [5, 5.41) is 13.4. The molecule has 86 valence electrons. The van der Waals surface area contributed by atoms with Crippen molar-refractivity contribution in [2.45, 2.75) is 25.3 Å². The van der Waals surface area contributed by atoms with Crippen LogP contribution in [0.2, 0.25) is 0 Å². The predicted octanol–water partition coefficient (Wildman–Crippen LogP) is 0.0902. The van der Waals surface area contributed by atoms with Crippen molar-refractivity contribution in [2.75, 3.05) is 18.1 Å². The van der Waals surface area contributed by atoms with Crippen LogP contribution in [0.3, 0.4) is 0 Å². The summed E-state index contributed by atoms with van der Waals surface area (Å²) in [5.41, 5.74) is 0. The Morgan fingerprint density at radius 2 is 2.13 bits per heavy atom. The molecule has 0 bridgehead atoms. The molecule has 0 radical (unpaired) electrons. The standard InChI is InChI=1S/C9H16N2O3S/c12-4-1-5-15-6-8(13)11-9(14)10-7-2-3-7/h7,12H,1-6H2,(H2,10,11,13,14). The molecule has 1 fully saturated rings. The number of aliphatic hydroxyl groups is 1. The Kier molecular flexibility index (Phi) is 5.49. The molecule has 0 aromatic heterocycles. The summed E-state index contributed by atoms with van der Waals surface area (Å²) < 4.78 is 0. The Hall–Kier alpha value is -0.750. The number of carbonyl (C=O) groups excluding carboxylic acids is 2. The number of imide groups is 1. The van der Waals surface area contributed by atoms with Crippen molar-refractivity contribution in [1.29, 1.82) is 0 Å². The van der Waals surface area contributed by atoms with Gasteiger partial charge in [-0.25, -0.2) is 4.79 Å². The predicted molar refractivity (Wildman–Crippen MR) is 58.7 cm³/mol. The second-order valence-electron chi connectivity index (χ2n) is 3.43. The van der Waals surface area contributed by atoms with Crippen LogP contribution in [0, 0.1) is 0 Å². The van der Waals surface area contributed by atoms with Gasteiger partial charge in [-0.2, -0.15) is 11.8 Å². The van der Waals surface area contributed by atoms with Gasteiger partial charge in [0.05, 0.1) is 5.75 Å². The highest BCUT2D eigenvalue weighted by Gasteiger charge is 2.23. The largest absolute Gasteiger partial charge is 0.396 e. The SMILES string of the molecule is O=C(CSCCCO)NC(=O)NC1CC1. The summed E-state index contributed by atoms with van der Waals surface area (Å²) in [6.07, 6.45) is 2.69. The first-order chi connectivity index (χ1) is 7.22. The zero-order valence-electron chi connectivity index (χ0n) is 8.49. The van der Waals surface area contributed by atoms with E-state index in [-0.39, 0.29) is 24.3 Å². The number of rotatable bonds is 6. The Morgan fingerprint density at radius 3 is 2.73 bits per heavy atom. The van der Waals surface area contributed by atoms with Gasteiger partial charge in [-0.3, -0.25) is 10.1 Å². The molecule has 0 aromatic rings. The number of aliphatic hydroxyl groups excluding tert-OH is 1. The van der Waals surface area contributed by atoms with E-state index >= 15 is 0 Å². The fourth-order valence-corrected chi connectivity index (χ4v) is 1.68. The minimum absolute atomic E-state index is 0.136. The van der Waals surface area contributed by atoms with E-state index in [1.54, 1.807) is 0 Å². The zero-order valence-corrected chi connectivity index (χ0v) is 9.31. The van der Waals surface area contributed by atoms with Gasteiger partial charge < -0.3 is 10.4 Å². The van der Waals surface area contributed by atoms with E-state index in [2.05, 4.69) is 10.6 Å². The summed E-state index contributed by atoms with van der Waals surface area (Å²) in [6.45, 7) is 0.136. The molecule has 0 aromatic carbocycles. The van der Waals surface area contributed by atoms with E-state index in [0.717, 1.165) is 18.6 Å². The van der Waals surface area contributed by atoms with E-state index in [9.17, 15) is 9.59 Å². The van der Waals surface area contributed by atoms with Crippen LogP contribution in [-0.4, -0.2) is 41.2 Å². The van der Waals surface area contributed by atoms with Crippen molar-refractivity contribution in [3.63, 3.8) is 0 Å². The molecule has 1 aliphatic rings. The average molecular weight is 232 g/mol. The lowest BCUT2D eigenvalue weighted by atomic mass is 10.5. The van der Waals surface area contributed by atoms with Crippen molar-refractivity contribution in [3.8, 4) is 0 Å². The third-order valence-electron chi connectivity index (χ3n) is 1.85. The highest BCUT2D eigenvalue weighted by atomic mass is 32.2. The third-order valence-corrected chi connectivity index (χ3v) is 2.89. The Bertz CT molecular complexity index is 231. The maximum Gasteiger partial charge on any atom is 0.321 e. The van der Waals surface area contributed by atoms with Crippen LogP contribution >= 0.6 is 11.8 Å². The summed E-state index contributed by atoms with van der Waals surface area (Å²) in [7, 11) is 0. The van der Waals surface area contributed by atoms with E-state index in [1.165, 1.54) is 11.8 Å². The smallest absolute Gasteiger partial charge is 0.321 e. The summed E-state index contributed by atoms with van der Waals surface area (Å²) in [6, 6.07) is -0.134. The van der Waals surface area contributed by atoms with Crippen molar-refractivity contribution in [2.24, 2.45) is 0 Å². The lowest BCUT2D eigenvalue weighted by molar-refractivity contribution is -0.117. The molecule has 0 spiro atoms. The van der Waals surface area contributed by atoms with Gasteiger partial charge in [0.15, 0.2) is 0 Å². The van der Waals surface area contributed by atoms with Gasteiger partial charge in [0.2, 0.25) is 5.91 Å². The normalized spacial score (nSPS) is 14.7. The van der Waals surface area contributed by atoms with Gasteiger partial charge in [-0.15, -0.1) is 0 Å². The lowest BCUT2D eigenvalue weighted by Crippen LogP contribution is -2.41. The van der Waals surface area contributed by atoms with Crippen LogP contribution in [0.5, 0.6) is 0 Å². The Labute approximate surface area is 93.0 Å². The van der Waals surface area contributed by atoms with Gasteiger partial charge >= 0.3 is 6.03 Å². The molecule has 0 heterocycles. The molecule has 1 saturated carbocycles. The summed E-state index contributed by atoms with van der Waals surface area (Å²) in [5.74, 6) is 0.711. The first kappa shape index (κ1) is 12.3. The molecule has 3 N–H and O–H groups in total. The van der Waals surface area contributed by atoms with E-state index in [4.69, 9.17) is 5.11 Å². The molecule has 3 amide bonds. The molecule has 0 unspecified atom stereocenters. The van der Waals surface area contributed by atoms with Crippen LogP contribution in [0.25, 0.3) is 0 Å². The van der Waals surface area contributed by atoms with Crippen LogP contribution in [0.1, 0.15) is 19.3 Å². The van der Waals surface area contributed by atoms with Crippen LogP contribution in [0.15, 0.2) is 0 Å². The van der Waals surface area contributed by atoms with Crippen molar-refractivity contribution >= 4 is 23.7 Å². The Balaban J connectivity index is 1.98. The molecule has 0 atom stereocenters. The van der Waals surface area contributed by atoms with Crippen molar-refractivity contribution in [1.82, 2.24) is 10.6 Å². The molecule has 6 heteroatoms. The van der Waals surface area contributed by atoms with Crippen LogP contribution in [0.4, 0.5) is 4.79 Å². The first-order valence-electron chi connectivity index (χ1n) is 5.01. The van der Waals surface area contributed by atoms with E-state index < -0.39 is 6.03 Å². The van der Waals surface area contributed by atoms with E-state index in [0.29, 0.717) is 6.42 Å². The van der Waals surface area contributed by atoms with Gasteiger partial charge in [0.1, 0.15) is 0 Å². The topological polar surface area (TPSA) is 78.4 Å². The highest BCUT2D eigenvalue weighted by Crippen LogP contribution is 2.18. The zero-order chi connectivity index (χ0) is 11.1. The summed E-state index contributed by atoms with van der Waals surface area (Å²) in [4.78, 5) is 22.3. The number of hydrogen-bond donors (Lipinski definition) is 3. The number of nitrogens with one attached hydrogen (secondary N) is 2. The molecular weight excluding hydrogens is 216 g/mol. The van der Waals surface area contributed by atoms with Crippen molar-refractivity contribution in [3.05, 3.63) is 0 Å². The summed E-state index contributed by atoms with van der Waals surface area (Å²) >= 11 is 1.41. The molecule has 0 saturated heterocycles. The number of urea groups is 1. The minimum Gasteiger partial charge on any atom is -0.396 e. The van der Waals surface area contributed by atoms with E-state index in [1.807, 2.05) is 0 Å². The number of hydrogen-bond acceptors (Lipinski definition) is 4. The van der Waals surface area contributed by atoms with Gasteiger partial charge in [-0.1, -0.05) is 0 Å². The lowest BCUT2D eigenvalue weighted by Gasteiger charge is -2.04. The minimum atomic E-state index is -0.398. The third kappa shape index (κ3) is 6.35. The van der Waals surface area contributed by atoms with Crippen LogP contribution in [-0.2, 0) is 4.79 Å². The fraction of sp³-hybridized carbons (Fsp3) is 0.778. The highest BCUT2D eigenvalue weighted by molar-refractivity contribution is 7.99. The second-order valence-corrected chi connectivity index (χ2v) is 4.53. The van der Waals surface area contributed by atoms with Crippen LogP contribution < -0.4 is 10.6 Å².